The number of anilines is 2. The van der Waals surface area contributed by atoms with Gasteiger partial charge in [0.2, 0.25) is 0 Å². The van der Waals surface area contributed by atoms with Gasteiger partial charge in [0.1, 0.15) is 5.60 Å². The molecule has 1 atom stereocenters. The second-order valence-corrected chi connectivity index (χ2v) is 6.82. The topological polar surface area (TPSA) is 68.0 Å². The Labute approximate surface area is 138 Å². The minimum Gasteiger partial charge on any atom is -0.444 e. The molecule has 128 valence electrons. The summed E-state index contributed by atoms with van der Waals surface area (Å²) in [5, 5.41) is 0. The number of carbonyl (C=O) groups excluding carboxylic acids is 1. The third-order valence-corrected chi connectivity index (χ3v) is 3.72. The molecule has 0 radical (unpaired) electrons. The number of benzene rings is 1. The van der Waals surface area contributed by atoms with E-state index >= 15 is 0 Å². The molecule has 0 spiro atoms. The second-order valence-electron chi connectivity index (χ2n) is 6.82. The van der Waals surface area contributed by atoms with Gasteiger partial charge in [0.25, 0.3) is 0 Å². The number of nitrogen functional groups attached to an aromatic ring is 1. The summed E-state index contributed by atoms with van der Waals surface area (Å²) in [5.74, 6) is 0. The number of nitrogens with zero attached hydrogens (tertiary/aromatic N) is 2. The number of hydrogen-bond acceptors (Lipinski definition) is 5. The Morgan fingerprint density at radius 2 is 1.91 bits per heavy atom. The highest BCUT2D eigenvalue weighted by atomic mass is 16.6. The number of methoxy groups -OCH3 is 1. The molecule has 2 N–H and O–H groups in total. The van der Waals surface area contributed by atoms with Crippen molar-refractivity contribution in [1.29, 1.82) is 0 Å². The van der Waals surface area contributed by atoms with Crippen LogP contribution >= 0.6 is 0 Å². The molecule has 0 bridgehead atoms. The van der Waals surface area contributed by atoms with Gasteiger partial charge in [-0.1, -0.05) is 0 Å². The maximum absolute atomic E-state index is 12.3. The summed E-state index contributed by atoms with van der Waals surface area (Å²) in [6.07, 6.45) is -0.268. The Hall–Kier alpha value is -1.95. The van der Waals surface area contributed by atoms with Gasteiger partial charge in [-0.3, -0.25) is 0 Å². The van der Waals surface area contributed by atoms with E-state index in [9.17, 15) is 4.79 Å². The molecule has 1 fully saturated rings. The molecule has 1 aliphatic heterocycles. The zero-order chi connectivity index (χ0) is 17.0. The molecular weight excluding hydrogens is 294 g/mol. The molecule has 1 amide bonds. The van der Waals surface area contributed by atoms with Crippen LogP contribution in [-0.2, 0) is 9.47 Å². The van der Waals surface area contributed by atoms with E-state index in [0.717, 1.165) is 17.9 Å². The molecule has 1 aromatic rings. The molecule has 1 heterocycles. The van der Waals surface area contributed by atoms with Crippen molar-refractivity contribution in [3.8, 4) is 0 Å². The predicted molar refractivity (Wildman–Crippen MR) is 91.7 cm³/mol. The van der Waals surface area contributed by atoms with Gasteiger partial charge < -0.3 is 25.0 Å². The summed E-state index contributed by atoms with van der Waals surface area (Å²) in [4.78, 5) is 16.3. The van der Waals surface area contributed by atoms with Crippen molar-refractivity contribution in [1.82, 2.24) is 4.90 Å². The number of hydrogen-bond donors (Lipinski definition) is 1. The van der Waals surface area contributed by atoms with Crippen molar-refractivity contribution in [2.45, 2.75) is 32.4 Å². The van der Waals surface area contributed by atoms with Gasteiger partial charge in [-0.2, -0.15) is 0 Å². The molecule has 2 rings (SSSR count). The van der Waals surface area contributed by atoms with Crippen molar-refractivity contribution in [3.63, 3.8) is 0 Å². The lowest BCUT2D eigenvalue weighted by molar-refractivity contribution is 0.0186. The summed E-state index contributed by atoms with van der Waals surface area (Å²) in [6, 6.07) is 7.87. The molecule has 1 unspecified atom stereocenters. The Kier molecular flexibility index (Phi) is 5.36. The first-order valence-electron chi connectivity index (χ1n) is 7.89. The molecule has 1 aromatic carbocycles. The Morgan fingerprint density at radius 1 is 1.26 bits per heavy atom. The summed E-state index contributed by atoms with van der Waals surface area (Å²) in [5.41, 5.74) is 7.10. The molecular formula is C17H27N3O3. The molecule has 0 aromatic heterocycles. The maximum atomic E-state index is 12.3. The first-order valence-corrected chi connectivity index (χ1v) is 7.89. The first kappa shape index (κ1) is 17.4. The summed E-state index contributed by atoms with van der Waals surface area (Å²) >= 11 is 0. The minimum absolute atomic E-state index is 0.0879. The van der Waals surface area contributed by atoms with Crippen LogP contribution in [0.2, 0.25) is 0 Å². The third kappa shape index (κ3) is 4.76. The predicted octanol–water partition coefficient (Wildman–Crippen LogP) is 2.34. The largest absolute Gasteiger partial charge is 0.444 e. The molecule has 0 aliphatic carbocycles. The average Bonchev–Trinajstić information content (AvgIpc) is 2.47. The Bertz CT molecular complexity index is 525. The molecule has 1 aliphatic rings. The van der Waals surface area contributed by atoms with E-state index in [-0.39, 0.29) is 12.1 Å². The molecule has 0 saturated carbocycles. The van der Waals surface area contributed by atoms with Crippen LogP contribution in [0.25, 0.3) is 0 Å². The molecule has 6 heteroatoms. The van der Waals surface area contributed by atoms with E-state index in [0.29, 0.717) is 19.7 Å². The van der Waals surface area contributed by atoms with E-state index in [1.165, 1.54) is 0 Å². The fourth-order valence-electron chi connectivity index (χ4n) is 2.69. The van der Waals surface area contributed by atoms with Gasteiger partial charge in [-0.25, -0.2) is 4.79 Å². The molecule has 6 nitrogen and oxygen atoms in total. The van der Waals surface area contributed by atoms with E-state index < -0.39 is 5.60 Å². The van der Waals surface area contributed by atoms with Gasteiger partial charge in [0, 0.05) is 38.1 Å². The quantitative estimate of drug-likeness (QED) is 0.866. The Balaban J connectivity index is 2.08. The van der Waals surface area contributed by atoms with Crippen LogP contribution in [0.4, 0.5) is 16.2 Å². The van der Waals surface area contributed by atoms with Gasteiger partial charge in [-0.05, 0) is 45.0 Å². The van der Waals surface area contributed by atoms with Crippen LogP contribution in [0, 0.1) is 0 Å². The van der Waals surface area contributed by atoms with Crippen molar-refractivity contribution >= 4 is 17.5 Å². The first-order chi connectivity index (χ1) is 10.8. The smallest absolute Gasteiger partial charge is 0.410 e. The van der Waals surface area contributed by atoms with Crippen LogP contribution in [-0.4, -0.2) is 56.0 Å². The zero-order valence-electron chi connectivity index (χ0n) is 14.4. The van der Waals surface area contributed by atoms with Gasteiger partial charge in [0.05, 0.1) is 12.6 Å². The van der Waals surface area contributed by atoms with Gasteiger partial charge in [-0.15, -0.1) is 0 Å². The number of ether oxygens (including phenoxy) is 2. The summed E-state index contributed by atoms with van der Waals surface area (Å²) < 4.78 is 10.8. The lowest BCUT2D eigenvalue weighted by Gasteiger charge is -2.42. The lowest BCUT2D eigenvalue weighted by atomic mass is 10.1. The fourth-order valence-corrected chi connectivity index (χ4v) is 2.69. The minimum atomic E-state index is -0.484. The van der Waals surface area contributed by atoms with Crippen LogP contribution in [0.3, 0.4) is 0 Å². The number of rotatable bonds is 3. The van der Waals surface area contributed by atoms with Crippen molar-refractivity contribution < 1.29 is 14.3 Å². The van der Waals surface area contributed by atoms with Crippen molar-refractivity contribution in [2.24, 2.45) is 0 Å². The van der Waals surface area contributed by atoms with Crippen molar-refractivity contribution in [3.05, 3.63) is 24.3 Å². The summed E-state index contributed by atoms with van der Waals surface area (Å²) in [6.45, 7) is 8.11. The maximum Gasteiger partial charge on any atom is 0.410 e. The number of amides is 1. The SMILES string of the molecule is COCC1CN(C(=O)OC(C)(C)C)CCN1c1ccc(N)cc1. The van der Waals surface area contributed by atoms with Crippen LogP contribution in [0.5, 0.6) is 0 Å². The van der Waals surface area contributed by atoms with Crippen LogP contribution < -0.4 is 10.6 Å². The molecule has 1 saturated heterocycles. The van der Waals surface area contributed by atoms with Gasteiger partial charge >= 0.3 is 6.09 Å². The van der Waals surface area contributed by atoms with E-state index in [2.05, 4.69) is 4.90 Å². The number of nitrogens with two attached hydrogens (primary N) is 1. The fraction of sp³-hybridized carbons (Fsp3) is 0.588. The third-order valence-electron chi connectivity index (χ3n) is 3.72. The lowest BCUT2D eigenvalue weighted by Crippen LogP contribution is -2.57. The van der Waals surface area contributed by atoms with E-state index in [1.54, 1.807) is 12.0 Å². The highest BCUT2D eigenvalue weighted by Gasteiger charge is 2.32. The van der Waals surface area contributed by atoms with Gasteiger partial charge in [0.15, 0.2) is 0 Å². The standard InChI is InChI=1S/C17H27N3O3/c1-17(2,3)23-16(21)19-9-10-20(15(11-19)12-22-4)14-7-5-13(18)6-8-14/h5-8,15H,9-12,18H2,1-4H3. The second kappa shape index (κ2) is 7.08. The summed E-state index contributed by atoms with van der Waals surface area (Å²) in [7, 11) is 1.67. The number of piperazine rings is 1. The van der Waals surface area contributed by atoms with Crippen LogP contribution in [0.15, 0.2) is 24.3 Å². The van der Waals surface area contributed by atoms with Crippen molar-refractivity contribution in [2.75, 3.05) is 44.0 Å². The Morgan fingerprint density at radius 3 is 2.48 bits per heavy atom. The highest BCUT2D eigenvalue weighted by Crippen LogP contribution is 2.23. The number of carbonyl (C=O) groups is 1. The molecule has 23 heavy (non-hydrogen) atoms. The monoisotopic (exact) mass is 321 g/mol. The highest BCUT2D eigenvalue weighted by molar-refractivity contribution is 5.69. The van der Waals surface area contributed by atoms with Crippen LogP contribution in [0.1, 0.15) is 20.8 Å². The average molecular weight is 321 g/mol. The zero-order valence-corrected chi connectivity index (χ0v) is 14.4. The normalized spacial score (nSPS) is 18.9. The van der Waals surface area contributed by atoms with E-state index in [1.807, 2.05) is 45.0 Å². The van der Waals surface area contributed by atoms with E-state index in [4.69, 9.17) is 15.2 Å².